The number of hydrogen-bond acceptors (Lipinski definition) is 5. The topological polar surface area (TPSA) is 48.4 Å². The number of benzene rings is 1. The van der Waals surface area contributed by atoms with Crippen LogP contribution in [0.2, 0.25) is 0 Å². The third kappa shape index (κ3) is 2.58. The quantitative estimate of drug-likeness (QED) is 0.819. The number of rotatable bonds is 3. The molecule has 5 heteroatoms. The van der Waals surface area contributed by atoms with Gasteiger partial charge in [-0.3, -0.25) is 4.79 Å². The molecule has 2 aromatic rings. The van der Waals surface area contributed by atoms with Crippen LogP contribution in [0.5, 0.6) is 16.7 Å². The first-order chi connectivity index (χ1) is 7.78. The standard InChI is InChI=1S/C11H9NO3S/c1-14-8-2-4-9(5-3-8)15-11-12-10(13)6-7-16-11/h2-7H,1H3. The molecule has 0 N–H and O–H groups in total. The number of methoxy groups -OCH3 is 1. The van der Waals surface area contributed by atoms with Crippen LogP contribution in [0, 0.1) is 0 Å². The second-order valence-corrected chi connectivity index (χ2v) is 3.77. The fourth-order valence-corrected chi connectivity index (χ4v) is 1.68. The zero-order valence-corrected chi connectivity index (χ0v) is 9.36. The third-order valence-electron chi connectivity index (χ3n) is 1.85. The summed E-state index contributed by atoms with van der Waals surface area (Å²) in [5.74, 6) is 1.37. The Kier molecular flexibility index (Phi) is 3.16. The maximum Gasteiger partial charge on any atom is 0.282 e. The van der Waals surface area contributed by atoms with Crippen molar-refractivity contribution in [3.05, 3.63) is 46.1 Å². The number of ether oxygens (including phenoxy) is 2. The van der Waals surface area contributed by atoms with E-state index in [0.717, 1.165) is 5.75 Å². The van der Waals surface area contributed by atoms with Crippen LogP contribution in [0.15, 0.2) is 40.5 Å². The summed E-state index contributed by atoms with van der Waals surface area (Å²) >= 11 is 1.27. The second kappa shape index (κ2) is 4.76. The van der Waals surface area contributed by atoms with Crippen LogP contribution in [0.1, 0.15) is 0 Å². The number of nitrogens with zero attached hydrogens (tertiary/aromatic N) is 1. The van der Waals surface area contributed by atoms with Gasteiger partial charge in [0.25, 0.3) is 10.8 Å². The first-order valence-electron chi connectivity index (χ1n) is 4.56. The zero-order chi connectivity index (χ0) is 11.4. The molecule has 2 rings (SSSR count). The van der Waals surface area contributed by atoms with Gasteiger partial charge in [0.15, 0.2) is 0 Å². The Balaban J connectivity index is 2.17. The lowest BCUT2D eigenvalue weighted by Crippen LogP contribution is -2.02. The van der Waals surface area contributed by atoms with E-state index in [2.05, 4.69) is 4.98 Å². The van der Waals surface area contributed by atoms with Crippen molar-refractivity contribution in [2.75, 3.05) is 7.11 Å². The second-order valence-electron chi connectivity index (χ2n) is 2.91. The van der Waals surface area contributed by atoms with Crippen LogP contribution in [0.25, 0.3) is 0 Å². The minimum absolute atomic E-state index is 0.303. The lowest BCUT2D eigenvalue weighted by atomic mass is 10.3. The van der Waals surface area contributed by atoms with Gasteiger partial charge in [0, 0.05) is 11.4 Å². The van der Waals surface area contributed by atoms with E-state index in [9.17, 15) is 4.79 Å². The molecule has 16 heavy (non-hydrogen) atoms. The molecule has 82 valence electrons. The van der Waals surface area contributed by atoms with E-state index in [4.69, 9.17) is 9.47 Å². The van der Waals surface area contributed by atoms with Crippen molar-refractivity contribution >= 4 is 11.3 Å². The molecule has 0 spiro atoms. The van der Waals surface area contributed by atoms with Gasteiger partial charge < -0.3 is 9.47 Å². The van der Waals surface area contributed by atoms with E-state index in [1.807, 2.05) is 0 Å². The summed E-state index contributed by atoms with van der Waals surface area (Å²) in [6.07, 6.45) is 0. The van der Waals surface area contributed by atoms with E-state index in [1.54, 1.807) is 36.8 Å². The van der Waals surface area contributed by atoms with Crippen LogP contribution in [0.4, 0.5) is 0 Å². The highest BCUT2D eigenvalue weighted by Gasteiger charge is 2.00. The van der Waals surface area contributed by atoms with Crippen molar-refractivity contribution in [1.29, 1.82) is 0 Å². The molecule has 0 saturated carbocycles. The lowest BCUT2D eigenvalue weighted by molar-refractivity contribution is 0.412. The summed E-state index contributed by atoms with van der Waals surface area (Å²) in [5, 5.41) is 1.98. The maximum absolute atomic E-state index is 11.0. The van der Waals surface area contributed by atoms with Crippen molar-refractivity contribution in [3.8, 4) is 16.7 Å². The van der Waals surface area contributed by atoms with E-state index in [-0.39, 0.29) is 5.56 Å². The van der Waals surface area contributed by atoms with Crippen molar-refractivity contribution in [2.45, 2.75) is 0 Å². The molecule has 0 fully saturated rings. The van der Waals surface area contributed by atoms with Crippen LogP contribution in [0.3, 0.4) is 0 Å². The molecule has 0 atom stereocenters. The number of hydrogen-bond donors (Lipinski definition) is 0. The molecule has 0 unspecified atom stereocenters. The van der Waals surface area contributed by atoms with Gasteiger partial charge in [0.2, 0.25) is 0 Å². The number of aromatic nitrogens is 1. The maximum atomic E-state index is 11.0. The SMILES string of the molecule is COc1ccc(Oc2nc(=O)ccs2)cc1. The molecule has 0 aliphatic rings. The average molecular weight is 235 g/mol. The van der Waals surface area contributed by atoms with Crippen molar-refractivity contribution in [1.82, 2.24) is 4.98 Å². The monoisotopic (exact) mass is 235 g/mol. The predicted octanol–water partition coefficient (Wildman–Crippen LogP) is 2.30. The van der Waals surface area contributed by atoms with E-state index < -0.39 is 0 Å². The molecule has 1 aromatic carbocycles. The molecule has 0 radical (unpaired) electrons. The van der Waals surface area contributed by atoms with Crippen molar-refractivity contribution in [2.24, 2.45) is 0 Å². The van der Waals surface area contributed by atoms with Crippen molar-refractivity contribution < 1.29 is 9.47 Å². The fourth-order valence-electron chi connectivity index (χ4n) is 1.10. The highest BCUT2D eigenvalue weighted by Crippen LogP contribution is 2.23. The normalized spacial score (nSPS) is 9.81. The predicted molar refractivity (Wildman–Crippen MR) is 61.5 cm³/mol. The minimum atomic E-state index is -0.303. The van der Waals surface area contributed by atoms with E-state index in [1.165, 1.54) is 17.4 Å². The molecule has 0 aliphatic carbocycles. The highest BCUT2D eigenvalue weighted by molar-refractivity contribution is 7.11. The average Bonchev–Trinajstić information content (AvgIpc) is 2.30. The largest absolute Gasteiger partial charge is 0.497 e. The van der Waals surface area contributed by atoms with Gasteiger partial charge in [-0.25, -0.2) is 0 Å². The van der Waals surface area contributed by atoms with Crippen LogP contribution < -0.4 is 15.0 Å². The molecule has 0 aliphatic heterocycles. The molecule has 0 bridgehead atoms. The molecular weight excluding hydrogens is 226 g/mol. The summed E-state index contributed by atoms with van der Waals surface area (Å²) in [7, 11) is 1.60. The Hall–Kier alpha value is -1.88. The van der Waals surface area contributed by atoms with Gasteiger partial charge in [0.1, 0.15) is 11.5 Å². The summed E-state index contributed by atoms with van der Waals surface area (Å²) in [6.45, 7) is 0. The summed E-state index contributed by atoms with van der Waals surface area (Å²) in [6, 6.07) is 8.46. The molecule has 4 nitrogen and oxygen atoms in total. The molecule has 0 amide bonds. The molecule has 1 aromatic heterocycles. The van der Waals surface area contributed by atoms with Crippen LogP contribution in [-0.2, 0) is 0 Å². The van der Waals surface area contributed by atoms with Crippen LogP contribution in [-0.4, -0.2) is 12.1 Å². The molecular formula is C11H9NO3S. The minimum Gasteiger partial charge on any atom is -0.497 e. The third-order valence-corrected chi connectivity index (χ3v) is 2.49. The van der Waals surface area contributed by atoms with Gasteiger partial charge in [-0.2, -0.15) is 4.98 Å². The van der Waals surface area contributed by atoms with Crippen molar-refractivity contribution in [3.63, 3.8) is 0 Å². The lowest BCUT2D eigenvalue weighted by Gasteiger charge is -2.03. The first kappa shape index (κ1) is 10.6. The smallest absolute Gasteiger partial charge is 0.282 e. The zero-order valence-electron chi connectivity index (χ0n) is 8.54. The van der Waals surface area contributed by atoms with E-state index >= 15 is 0 Å². The van der Waals surface area contributed by atoms with Gasteiger partial charge in [-0.15, -0.1) is 0 Å². The Morgan fingerprint density at radius 3 is 2.44 bits per heavy atom. The molecule has 0 saturated heterocycles. The summed E-state index contributed by atoms with van der Waals surface area (Å²) in [4.78, 5) is 14.7. The fraction of sp³-hybridized carbons (Fsp3) is 0.0909. The van der Waals surface area contributed by atoms with Gasteiger partial charge in [-0.1, -0.05) is 11.3 Å². The Morgan fingerprint density at radius 1 is 1.12 bits per heavy atom. The van der Waals surface area contributed by atoms with Gasteiger partial charge >= 0.3 is 0 Å². The highest BCUT2D eigenvalue weighted by atomic mass is 32.1. The van der Waals surface area contributed by atoms with Gasteiger partial charge in [-0.05, 0) is 24.3 Å². The Labute approximate surface area is 96.1 Å². The van der Waals surface area contributed by atoms with Gasteiger partial charge in [0.05, 0.1) is 7.11 Å². The molecule has 1 heterocycles. The Morgan fingerprint density at radius 2 is 1.81 bits per heavy atom. The summed E-state index contributed by atoms with van der Waals surface area (Å²) in [5.41, 5.74) is -0.303. The Bertz CT molecular complexity index is 521. The van der Waals surface area contributed by atoms with Crippen LogP contribution >= 0.6 is 11.3 Å². The summed E-state index contributed by atoms with van der Waals surface area (Å²) < 4.78 is 10.4. The van der Waals surface area contributed by atoms with E-state index in [0.29, 0.717) is 10.9 Å². The first-order valence-corrected chi connectivity index (χ1v) is 5.43.